The van der Waals surface area contributed by atoms with Crippen LogP contribution < -0.4 is 14.6 Å². The first-order chi connectivity index (χ1) is 14.8. The largest absolute Gasteiger partial charge is 0.454 e. The van der Waals surface area contributed by atoms with Gasteiger partial charge in [0.05, 0.1) is 26.5 Å². The fourth-order valence-corrected chi connectivity index (χ4v) is 4.11. The number of primary sulfonamides is 1. The predicted octanol–water partition coefficient (Wildman–Crippen LogP) is 3.22. The average molecular weight is 466 g/mol. The third kappa shape index (κ3) is 4.32. The Hall–Kier alpha value is -2.82. The van der Waals surface area contributed by atoms with Gasteiger partial charge < -0.3 is 18.8 Å². The fraction of sp³-hybridized carbons (Fsp3) is 0.300. The number of unbranched alkanes of at least 4 members (excludes halogenated alkanes) is 1. The maximum Gasteiger partial charge on any atom is 0.338 e. The van der Waals surface area contributed by atoms with Gasteiger partial charge in [-0.1, -0.05) is 24.9 Å². The molecule has 2 N–H and O–H groups in total. The maximum atomic E-state index is 12.6. The summed E-state index contributed by atoms with van der Waals surface area (Å²) in [6, 6.07) is 7.47. The lowest BCUT2D eigenvalue weighted by Crippen LogP contribution is -2.12. The zero-order chi connectivity index (χ0) is 22.2. The van der Waals surface area contributed by atoms with Crippen molar-refractivity contribution in [1.29, 1.82) is 0 Å². The smallest absolute Gasteiger partial charge is 0.338 e. The lowest BCUT2D eigenvalue weighted by atomic mass is 10.2. The molecule has 0 radical (unpaired) electrons. The molecule has 2 aromatic carbocycles. The van der Waals surface area contributed by atoms with Crippen LogP contribution in [-0.2, 0) is 27.9 Å². The van der Waals surface area contributed by atoms with Gasteiger partial charge in [0, 0.05) is 6.54 Å². The highest BCUT2D eigenvalue weighted by molar-refractivity contribution is 7.89. The number of aryl methyl sites for hydroxylation is 1. The van der Waals surface area contributed by atoms with Gasteiger partial charge in [0.25, 0.3) is 0 Å². The molecule has 11 heteroatoms. The number of ether oxygens (including phenoxy) is 3. The van der Waals surface area contributed by atoms with E-state index in [1.165, 1.54) is 24.3 Å². The summed E-state index contributed by atoms with van der Waals surface area (Å²) in [6.07, 6.45) is 1.82. The third-order valence-electron chi connectivity index (χ3n) is 4.86. The van der Waals surface area contributed by atoms with Crippen LogP contribution in [0.3, 0.4) is 0 Å². The molecule has 9 nitrogen and oxygen atoms in total. The van der Waals surface area contributed by atoms with Crippen LogP contribution in [0.5, 0.6) is 11.5 Å². The number of aromatic nitrogens is 2. The normalized spacial score (nSPS) is 13.0. The van der Waals surface area contributed by atoms with Crippen molar-refractivity contribution in [2.24, 2.45) is 5.14 Å². The molecule has 2 heterocycles. The topological polar surface area (TPSA) is 123 Å². The van der Waals surface area contributed by atoms with E-state index in [-0.39, 0.29) is 28.9 Å². The highest BCUT2D eigenvalue weighted by atomic mass is 35.5. The molecule has 0 amide bonds. The zero-order valence-electron chi connectivity index (χ0n) is 16.6. The molecule has 0 aliphatic carbocycles. The molecule has 4 rings (SSSR count). The molecule has 31 heavy (non-hydrogen) atoms. The van der Waals surface area contributed by atoms with E-state index in [0.717, 1.165) is 18.4 Å². The number of halogens is 1. The third-order valence-corrected chi connectivity index (χ3v) is 6.05. The minimum absolute atomic E-state index is 0.0290. The number of hydrogen-bond donors (Lipinski definition) is 1. The van der Waals surface area contributed by atoms with Gasteiger partial charge in [-0.15, -0.1) is 0 Å². The van der Waals surface area contributed by atoms with Crippen LogP contribution in [-0.4, -0.2) is 30.7 Å². The van der Waals surface area contributed by atoms with Crippen molar-refractivity contribution in [3.63, 3.8) is 0 Å². The number of carbonyl (C=O) groups excluding carboxylic acids is 1. The molecule has 0 spiro atoms. The van der Waals surface area contributed by atoms with Crippen molar-refractivity contribution in [2.45, 2.75) is 37.8 Å². The molecule has 0 atom stereocenters. The Morgan fingerprint density at radius 3 is 2.84 bits per heavy atom. The average Bonchev–Trinajstić information content (AvgIpc) is 3.33. The first-order valence-electron chi connectivity index (χ1n) is 9.56. The second-order valence-corrected chi connectivity index (χ2v) is 8.97. The molecule has 0 saturated carbocycles. The summed E-state index contributed by atoms with van der Waals surface area (Å²) in [6.45, 7) is 2.63. The Morgan fingerprint density at radius 2 is 2.10 bits per heavy atom. The van der Waals surface area contributed by atoms with E-state index in [4.69, 9.17) is 31.0 Å². The van der Waals surface area contributed by atoms with Gasteiger partial charge in [-0.3, -0.25) is 0 Å². The molecule has 1 aromatic heterocycles. The molecular weight excluding hydrogens is 446 g/mol. The Bertz CT molecular complexity index is 1270. The summed E-state index contributed by atoms with van der Waals surface area (Å²) in [5.41, 5.74) is 1.42. The van der Waals surface area contributed by atoms with Gasteiger partial charge in [0.15, 0.2) is 11.5 Å². The number of nitrogens with zero attached hydrogens (tertiary/aromatic N) is 2. The van der Waals surface area contributed by atoms with E-state index in [0.29, 0.717) is 29.4 Å². The molecule has 0 saturated heterocycles. The van der Waals surface area contributed by atoms with E-state index < -0.39 is 16.0 Å². The second kappa shape index (κ2) is 8.37. The van der Waals surface area contributed by atoms with Gasteiger partial charge in [-0.2, -0.15) is 0 Å². The van der Waals surface area contributed by atoms with Crippen LogP contribution in [0.2, 0.25) is 5.02 Å². The Labute approximate surface area is 183 Å². The van der Waals surface area contributed by atoms with Gasteiger partial charge in [-0.05, 0) is 36.8 Å². The highest BCUT2D eigenvalue weighted by Crippen LogP contribution is 2.40. The summed E-state index contributed by atoms with van der Waals surface area (Å²) in [5, 5.41) is 5.48. The molecule has 1 aliphatic heterocycles. The van der Waals surface area contributed by atoms with E-state index in [1.807, 2.05) is 4.57 Å². The van der Waals surface area contributed by atoms with Crippen LogP contribution in [0.15, 0.2) is 35.2 Å². The molecule has 0 unspecified atom stereocenters. The Morgan fingerprint density at radius 1 is 1.29 bits per heavy atom. The van der Waals surface area contributed by atoms with Crippen LogP contribution in [0.4, 0.5) is 0 Å². The summed E-state index contributed by atoms with van der Waals surface area (Å²) in [4.78, 5) is 17.0. The lowest BCUT2D eigenvalue weighted by Gasteiger charge is -2.10. The number of carbonyl (C=O) groups is 1. The number of esters is 1. The van der Waals surface area contributed by atoms with Gasteiger partial charge in [0.2, 0.25) is 16.8 Å². The van der Waals surface area contributed by atoms with Gasteiger partial charge >= 0.3 is 5.97 Å². The molecule has 164 valence electrons. The Kier molecular flexibility index (Phi) is 5.78. The second-order valence-electron chi connectivity index (χ2n) is 7.00. The Balaban J connectivity index is 1.61. The van der Waals surface area contributed by atoms with Crippen LogP contribution in [0.1, 0.15) is 35.9 Å². The SMILES string of the molecule is CCCCn1c(COC(=O)c2cc(Cl)c3c(c2)OCO3)nc2cc(S(N)(=O)=O)ccc21. The highest BCUT2D eigenvalue weighted by Gasteiger charge is 2.22. The maximum absolute atomic E-state index is 12.6. The number of sulfonamides is 1. The summed E-state index contributed by atoms with van der Waals surface area (Å²) in [7, 11) is -3.85. The fourth-order valence-electron chi connectivity index (χ4n) is 3.31. The van der Waals surface area contributed by atoms with Gasteiger partial charge in [-0.25, -0.2) is 23.3 Å². The number of hydrogen-bond acceptors (Lipinski definition) is 7. The van der Waals surface area contributed by atoms with Crippen molar-refractivity contribution < 1.29 is 27.4 Å². The van der Waals surface area contributed by atoms with Crippen molar-refractivity contribution in [3.8, 4) is 11.5 Å². The molecule has 0 fully saturated rings. The van der Waals surface area contributed by atoms with Crippen molar-refractivity contribution in [3.05, 3.63) is 46.7 Å². The minimum atomic E-state index is -3.85. The standard InChI is InChI=1S/C20H20ClN3O6S/c1-2-3-6-24-16-5-4-13(31(22,26)27)9-15(16)23-18(24)10-28-20(25)12-7-14(21)19-17(8-12)29-11-30-19/h4-5,7-9H,2-3,6,10-11H2,1H3,(H2,22,26,27). The number of rotatable bonds is 7. The monoisotopic (exact) mass is 465 g/mol. The van der Waals surface area contributed by atoms with Crippen molar-refractivity contribution >= 4 is 38.6 Å². The van der Waals surface area contributed by atoms with Crippen LogP contribution in [0, 0.1) is 0 Å². The zero-order valence-corrected chi connectivity index (χ0v) is 18.2. The minimum Gasteiger partial charge on any atom is -0.454 e. The first kappa shape index (κ1) is 21.4. The first-order valence-corrected chi connectivity index (χ1v) is 11.5. The van der Waals surface area contributed by atoms with E-state index in [1.54, 1.807) is 6.07 Å². The van der Waals surface area contributed by atoms with Crippen LogP contribution >= 0.6 is 11.6 Å². The molecule has 1 aliphatic rings. The summed E-state index contributed by atoms with van der Waals surface area (Å²) < 4.78 is 41.2. The van der Waals surface area contributed by atoms with Crippen molar-refractivity contribution in [2.75, 3.05) is 6.79 Å². The number of fused-ring (bicyclic) bond motifs is 2. The quantitative estimate of drug-likeness (QED) is 0.531. The molecule has 3 aromatic rings. The summed E-state index contributed by atoms with van der Waals surface area (Å²) in [5.74, 6) is 0.671. The van der Waals surface area contributed by atoms with E-state index in [2.05, 4.69) is 11.9 Å². The lowest BCUT2D eigenvalue weighted by molar-refractivity contribution is 0.0458. The van der Waals surface area contributed by atoms with Crippen molar-refractivity contribution in [1.82, 2.24) is 9.55 Å². The van der Waals surface area contributed by atoms with E-state index >= 15 is 0 Å². The number of nitrogens with two attached hydrogens (primary N) is 1. The molecular formula is C20H20ClN3O6S. The number of benzene rings is 2. The summed E-state index contributed by atoms with van der Waals surface area (Å²) >= 11 is 6.13. The number of imidazole rings is 1. The van der Waals surface area contributed by atoms with Crippen LogP contribution in [0.25, 0.3) is 11.0 Å². The van der Waals surface area contributed by atoms with Gasteiger partial charge in [0.1, 0.15) is 12.4 Å². The van der Waals surface area contributed by atoms with E-state index in [9.17, 15) is 13.2 Å². The predicted molar refractivity (Wildman–Crippen MR) is 113 cm³/mol. The molecule has 0 bridgehead atoms.